The van der Waals surface area contributed by atoms with Crippen LogP contribution in [0.2, 0.25) is 0 Å². The number of carbonyl (C=O) groups excluding carboxylic acids is 1. The molecule has 23 heavy (non-hydrogen) atoms. The van der Waals surface area contributed by atoms with E-state index in [0.717, 1.165) is 19.3 Å². The summed E-state index contributed by atoms with van der Waals surface area (Å²) in [6.07, 6.45) is 8.31. The van der Waals surface area contributed by atoms with Crippen LogP contribution in [0.3, 0.4) is 0 Å². The van der Waals surface area contributed by atoms with Crippen LogP contribution in [0.4, 0.5) is 0 Å². The third kappa shape index (κ3) is 4.38. The Bertz CT molecular complexity index is 579. The predicted molar refractivity (Wildman–Crippen MR) is 89.4 cm³/mol. The van der Waals surface area contributed by atoms with E-state index in [4.69, 9.17) is 21.2 Å². The molecule has 6 heteroatoms. The standard InChI is InChI=1S/C17H22ClNO4/c1-3-13(19-22-11-12(2)18)15-14(20)10-17(23-16(15)21)8-6-4-5-7-9-17/h6,8,20H,2-5,7,9-11H2,1H3. The van der Waals surface area contributed by atoms with E-state index < -0.39 is 11.6 Å². The van der Waals surface area contributed by atoms with Crippen molar-refractivity contribution in [3.63, 3.8) is 0 Å². The highest BCUT2D eigenvalue weighted by Crippen LogP contribution is 2.37. The van der Waals surface area contributed by atoms with Gasteiger partial charge in [-0.15, -0.1) is 0 Å². The van der Waals surface area contributed by atoms with E-state index in [9.17, 15) is 9.90 Å². The van der Waals surface area contributed by atoms with Gasteiger partial charge < -0.3 is 14.7 Å². The Hall–Kier alpha value is -1.75. The number of carbonyl (C=O) groups is 1. The Balaban J connectivity index is 2.24. The second kappa shape index (κ2) is 7.68. The molecule has 1 N–H and O–H groups in total. The number of aliphatic hydroxyl groups excluding tert-OH is 1. The molecule has 5 nitrogen and oxygen atoms in total. The molecule has 1 unspecified atom stereocenters. The van der Waals surface area contributed by atoms with Gasteiger partial charge in [0.15, 0.2) is 6.61 Å². The van der Waals surface area contributed by atoms with Gasteiger partial charge in [-0.3, -0.25) is 0 Å². The Kier molecular flexibility index (Phi) is 5.88. The van der Waals surface area contributed by atoms with Crippen molar-refractivity contribution in [2.24, 2.45) is 5.16 Å². The molecular weight excluding hydrogens is 318 g/mol. The van der Waals surface area contributed by atoms with E-state index in [2.05, 4.69) is 11.7 Å². The van der Waals surface area contributed by atoms with Crippen LogP contribution < -0.4 is 0 Å². The van der Waals surface area contributed by atoms with Crippen molar-refractivity contribution in [1.82, 2.24) is 0 Å². The molecule has 1 atom stereocenters. The van der Waals surface area contributed by atoms with E-state index in [-0.39, 0.29) is 24.4 Å². The van der Waals surface area contributed by atoms with Crippen LogP contribution in [0, 0.1) is 0 Å². The second-order valence-electron chi connectivity index (χ2n) is 5.78. The van der Waals surface area contributed by atoms with Gasteiger partial charge in [0.25, 0.3) is 0 Å². The van der Waals surface area contributed by atoms with Crippen molar-refractivity contribution in [2.75, 3.05) is 6.61 Å². The average Bonchev–Trinajstić information content (AvgIpc) is 2.70. The summed E-state index contributed by atoms with van der Waals surface area (Å²) < 4.78 is 5.66. The number of nitrogens with zero attached hydrogens (tertiary/aromatic N) is 1. The van der Waals surface area contributed by atoms with Gasteiger partial charge >= 0.3 is 5.97 Å². The molecule has 1 heterocycles. The zero-order valence-corrected chi connectivity index (χ0v) is 14.1. The first-order valence-electron chi connectivity index (χ1n) is 7.83. The summed E-state index contributed by atoms with van der Waals surface area (Å²) in [4.78, 5) is 17.5. The molecule has 0 amide bonds. The van der Waals surface area contributed by atoms with Crippen molar-refractivity contribution >= 4 is 23.3 Å². The molecule has 0 saturated carbocycles. The number of halogens is 1. The minimum absolute atomic E-state index is 0.00157. The first-order valence-corrected chi connectivity index (χ1v) is 8.21. The highest BCUT2D eigenvalue weighted by atomic mass is 35.5. The molecular formula is C17H22ClNO4. The largest absolute Gasteiger partial charge is 0.511 e. The van der Waals surface area contributed by atoms with E-state index in [1.54, 1.807) is 0 Å². The molecule has 0 fully saturated rings. The van der Waals surface area contributed by atoms with E-state index in [1.165, 1.54) is 0 Å². The van der Waals surface area contributed by atoms with Crippen LogP contribution >= 0.6 is 11.6 Å². The molecule has 0 radical (unpaired) electrons. The van der Waals surface area contributed by atoms with E-state index in [0.29, 0.717) is 23.6 Å². The van der Waals surface area contributed by atoms with Crippen molar-refractivity contribution in [1.29, 1.82) is 0 Å². The summed E-state index contributed by atoms with van der Waals surface area (Å²) in [5.74, 6) is -0.559. The van der Waals surface area contributed by atoms with E-state index in [1.807, 2.05) is 19.1 Å². The highest BCUT2D eigenvalue weighted by Gasteiger charge is 2.41. The number of esters is 1. The fourth-order valence-corrected chi connectivity index (χ4v) is 2.86. The average molecular weight is 340 g/mol. The number of allylic oxidation sites excluding steroid dienone is 1. The molecule has 1 spiro atoms. The van der Waals surface area contributed by atoms with Crippen LogP contribution in [-0.4, -0.2) is 29.0 Å². The van der Waals surface area contributed by atoms with E-state index >= 15 is 0 Å². The predicted octanol–water partition coefficient (Wildman–Crippen LogP) is 4.15. The molecule has 0 aromatic rings. The Morgan fingerprint density at radius 2 is 2.35 bits per heavy atom. The summed E-state index contributed by atoms with van der Waals surface area (Å²) in [5.41, 5.74) is -0.292. The van der Waals surface area contributed by atoms with Crippen LogP contribution in [0.25, 0.3) is 0 Å². The van der Waals surface area contributed by atoms with Crippen LogP contribution in [0.15, 0.2) is 40.3 Å². The summed E-state index contributed by atoms with van der Waals surface area (Å²) in [6, 6.07) is 0. The van der Waals surface area contributed by atoms with Gasteiger partial charge in [-0.1, -0.05) is 36.3 Å². The van der Waals surface area contributed by atoms with Crippen molar-refractivity contribution in [2.45, 2.75) is 51.0 Å². The maximum Gasteiger partial charge on any atom is 0.344 e. The number of ether oxygens (including phenoxy) is 1. The third-order valence-corrected chi connectivity index (χ3v) is 4.03. The summed E-state index contributed by atoms with van der Waals surface area (Å²) >= 11 is 5.61. The lowest BCUT2D eigenvalue weighted by Gasteiger charge is -2.34. The van der Waals surface area contributed by atoms with Crippen molar-refractivity contribution < 1.29 is 19.5 Å². The van der Waals surface area contributed by atoms with Gasteiger partial charge in [0, 0.05) is 6.42 Å². The number of hydrogen-bond donors (Lipinski definition) is 1. The Morgan fingerprint density at radius 1 is 1.57 bits per heavy atom. The maximum atomic E-state index is 12.4. The fourth-order valence-electron chi connectivity index (χ4n) is 2.81. The number of hydrogen-bond acceptors (Lipinski definition) is 5. The molecule has 1 aliphatic carbocycles. The molecule has 0 bridgehead atoms. The fraction of sp³-hybridized carbons (Fsp3) is 0.529. The number of rotatable bonds is 5. The monoisotopic (exact) mass is 339 g/mol. The van der Waals surface area contributed by atoms with Crippen molar-refractivity contribution in [3.05, 3.63) is 35.1 Å². The zero-order valence-electron chi connectivity index (χ0n) is 13.3. The summed E-state index contributed by atoms with van der Waals surface area (Å²) in [6.45, 7) is 5.36. The summed E-state index contributed by atoms with van der Waals surface area (Å²) in [7, 11) is 0. The normalized spacial score (nSPS) is 25.3. The molecule has 0 saturated heterocycles. The number of aliphatic hydroxyl groups is 1. The molecule has 1 aliphatic heterocycles. The van der Waals surface area contributed by atoms with Gasteiger partial charge in [0.05, 0.1) is 10.7 Å². The lowest BCUT2D eigenvalue weighted by molar-refractivity contribution is -0.153. The van der Waals surface area contributed by atoms with Gasteiger partial charge in [0.1, 0.15) is 16.9 Å². The SMILES string of the molecule is C=C(Cl)CON=C(CC)C1=C(O)CC2(C=CCCCC2)OC1=O. The molecule has 126 valence electrons. The molecule has 2 aliphatic rings. The molecule has 0 aromatic heterocycles. The highest BCUT2D eigenvalue weighted by molar-refractivity contribution is 6.29. The third-order valence-electron chi connectivity index (χ3n) is 3.92. The summed E-state index contributed by atoms with van der Waals surface area (Å²) in [5, 5.41) is 14.6. The van der Waals surface area contributed by atoms with Gasteiger partial charge in [-0.05, 0) is 38.2 Å². The van der Waals surface area contributed by atoms with Crippen molar-refractivity contribution in [3.8, 4) is 0 Å². The van der Waals surface area contributed by atoms with Crippen LogP contribution in [0.5, 0.6) is 0 Å². The quantitative estimate of drug-likeness (QED) is 0.353. The zero-order chi connectivity index (χ0) is 16.9. The Morgan fingerprint density at radius 3 is 3.00 bits per heavy atom. The smallest absolute Gasteiger partial charge is 0.344 e. The first-order chi connectivity index (χ1) is 11.0. The van der Waals surface area contributed by atoms with Crippen LogP contribution in [-0.2, 0) is 14.4 Å². The van der Waals surface area contributed by atoms with Gasteiger partial charge in [-0.25, -0.2) is 4.79 Å². The Labute approximate surface area is 141 Å². The minimum Gasteiger partial charge on any atom is -0.511 e. The van der Waals surface area contributed by atoms with Crippen LogP contribution in [0.1, 0.15) is 45.4 Å². The number of oxime groups is 1. The molecule has 0 aromatic carbocycles. The lowest BCUT2D eigenvalue weighted by Crippen LogP contribution is -2.40. The maximum absolute atomic E-state index is 12.4. The lowest BCUT2D eigenvalue weighted by atomic mass is 9.88. The second-order valence-corrected chi connectivity index (χ2v) is 6.32. The first kappa shape index (κ1) is 17.6. The van der Waals surface area contributed by atoms with Gasteiger partial charge in [0.2, 0.25) is 0 Å². The van der Waals surface area contributed by atoms with Gasteiger partial charge in [-0.2, -0.15) is 0 Å². The topological polar surface area (TPSA) is 68.1 Å². The minimum atomic E-state index is -0.731. The molecule has 2 rings (SSSR count).